The molecule has 2 rings (SSSR count). The standard InChI is InChI=1S/C13H16N4O2/c1-7(2)11-5-8(3)14-13(15-11)17-6-10(12(18)19)9(4)16-17/h5-7H,1-4H3,(H,18,19). The summed E-state index contributed by atoms with van der Waals surface area (Å²) in [4.78, 5) is 19.7. The molecule has 6 heteroatoms. The van der Waals surface area contributed by atoms with Crippen molar-refractivity contribution >= 4 is 5.97 Å². The summed E-state index contributed by atoms with van der Waals surface area (Å²) in [7, 11) is 0. The molecule has 0 fully saturated rings. The number of nitrogens with zero attached hydrogens (tertiary/aromatic N) is 4. The van der Waals surface area contributed by atoms with Crippen molar-refractivity contribution in [1.82, 2.24) is 19.7 Å². The van der Waals surface area contributed by atoms with Crippen molar-refractivity contribution in [3.05, 3.63) is 34.9 Å². The Kier molecular flexibility index (Phi) is 3.33. The molecule has 0 aliphatic rings. The van der Waals surface area contributed by atoms with Gasteiger partial charge in [0.1, 0.15) is 5.56 Å². The molecule has 2 heterocycles. The van der Waals surface area contributed by atoms with Crippen LogP contribution in [0.1, 0.15) is 47.2 Å². The Morgan fingerprint density at radius 2 is 2.00 bits per heavy atom. The number of hydrogen-bond donors (Lipinski definition) is 1. The third-order valence-corrected chi connectivity index (χ3v) is 2.79. The lowest BCUT2D eigenvalue weighted by Gasteiger charge is -2.07. The third kappa shape index (κ3) is 2.62. The highest BCUT2D eigenvalue weighted by Gasteiger charge is 2.15. The molecule has 19 heavy (non-hydrogen) atoms. The lowest BCUT2D eigenvalue weighted by atomic mass is 10.1. The predicted molar refractivity (Wildman–Crippen MR) is 69.7 cm³/mol. The average molecular weight is 260 g/mol. The van der Waals surface area contributed by atoms with Gasteiger partial charge in [0.15, 0.2) is 0 Å². The van der Waals surface area contributed by atoms with Crippen LogP contribution in [0.15, 0.2) is 12.3 Å². The van der Waals surface area contributed by atoms with Gasteiger partial charge in [0.05, 0.1) is 5.69 Å². The van der Waals surface area contributed by atoms with Crippen molar-refractivity contribution in [1.29, 1.82) is 0 Å². The summed E-state index contributed by atoms with van der Waals surface area (Å²) < 4.78 is 1.41. The van der Waals surface area contributed by atoms with Crippen molar-refractivity contribution < 1.29 is 9.90 Å². The van der Waals surface area contributed by atoms with Crippen LogP contribution in [0.5, 0.6) is 0 Å². The molecule has 0 saturated heterocycles. The van der Waals surface area contributed by atoms with Crippen LogP contribution < -0.4 is 0 Å². The lowest BCUT2D eigenvalue weighted by molar-refractivity contribution is 0.0696. The zero-order valence-corrected chi connectivity index (χ0v) is 11.4. The largest absolute Gasteiger partial charge is 0.478 e. The fourth-order valence-electron chi connectivity index (χ4n) is 1.75. The van der Waals surface area contributed by atoms with Gasteiger partial charge in [-0.1, -0.05) is 13.8 Å². The van der Waals surface area contributed by atoms with E-state index in [0.29, 0.717) is 11.6 Å². The molecule has 0 spiro atoms. The topological polar surface area (TPSA) is 80.9 Å². The van der Waals surface area contributed by atoms with E-state index in [4.69, 9.17) is 5.11 Å². The minimum absolute atomic E-state index is 0.163. The maximum absolute atomic E-state index is 11.0. The molecular weight excluding hydrogens is 244 g/mol. The van der Waals surface area contributed by atoms with E-state index in [2.05, 4.69) is 15.1 Å². The van der Waals surface area contributed by atoms with Crippen LogP contribution in [0.2, 0.25) is 0 Å². The molecule has 1 N–H and O–H groups in total. The summed E-state index contributed by atoms with van der Waals surface area (Å²) in [6.45, 7) is 7.62. The predicted octanol–water partition coefficient (Wildman–Crippen LogP) is 2.10. The highest BCUT2D eigenvalue weighted by molar-refractivity contribution is 5.88. The van der Waals surface area contributed by atoms with Gasteiger partial charge in [0, 0.05) is 17.6 Å². The first-order valence-corrected chi connectivity index (χ1v) is 6.04. The summed E-state index contributed by atoms with van der Waals surface area (Å²) in [5.74, 6) is -0.323. The van der Waals surface area contributed by atoms with Crippen LogP contribution in [0, 0.1) is 13.8 Å². The van der Waals surface area contributed by atoms with E-state index >= 15 is 0 Å². The van der Waals surface area contributed by atoms with Crippen molar-refractivity contribution in [3.8, 4) is 5.95 Å². The molecule has 0 aliphatic heterocycles. The Morgan fingerprint density at radius 3 is 2.53 bits per heavy atom. The second kappa shape index (κ2) is 4.79. The molecule has 0 unspecified atom stereocenters. The van der Waals surface area contributed by atoms with Crippen molar-refractivity contribution in [2.24, 2.45) is 0 Å². The average Bonchev–Trinajstić information content (AvgIpc) is 2.70. The number of carboxylic acid groups (broad SMARTS) is 1. The molecule has 6 nitrogen and oxygen atoms in total. The van der Waals surface area contributed by atoms with E-state index in [-0.39, 0.29) is 11.5 Å². The van der Waals surface area contributed by atoms with Gasteiger partial charge in [-0.05, 0) is 25.8 Å². The Labute approximate surface area is 111 Å². The van der Waals surface area contributed by atoms with Crippen LogP contribution in [-0.4, -0.2) is 30.8 Å². The van der Waals surface area contributed by atoms with Crippen LogP contribution in [0.4, 0.5) is 0 Å². The van der Waals surface area contributed by atoms with E-state index < -0.39 is 5.97 Å². The monoisotopic (exact) mass is 260 g/mol. The minimum atomic E-state index is -1.000. The molecule has 100 valence electrons. The quantitative estimate of drug-likeness (QED) is 0.914. The molecular formula is C13H16N4O2. The van der Waals surface area contributed by atoms with Crippen molar-refractivity contribution in [2.45, 2.75) is 33.6 Å². The van der Waals surface area contributed by atoms with E-state index in [1.165, 1.54) is 10.9 Å². The van der Waals surface area contributed by atoms with Crippen LogP contribution in [0.3, 0.4) is 0 Å². The second-order valence-corrected chi connectivity index (χ2v) is 4.77. The maximum atomic E-state index is 11.0. The highest BCUT2D eigenvalue weighted by Crippen LogP contribution is 2.15. The Hall–Kier alpha value is -2.24. The number of aryl methyl sites for hydroxylation is 2. The molecule has 0 radical (unpaired) electrons. The van der Waals surface area contributed by atoms with Gasteiger partial charge in [-0.2, -0.15) is 5.10 Å². The third-order valence-electron chi connectivity index (χ3n) is 2.79. The highest BCUT2D eigenvalue weighted by atomic mass is 16.4. The molecule has 0 aromatic carbocycles. The summed E-state index contributed by atoms with van der Waals surface area (Å²) >= 11 is 0. The second-order valence-electron chi connectivity index (χ2n) is 4.77. The van der Waals surface area contributed by atoms with E-state index in [9.17, 15) is 4.79 Å². The molecule has 2 aromatic rings. The van der Waals surface area contributed by atoms with Gasteiger partial charge >= 0.3 is 5.97 Å². The first kappa shape index (κ1) is 13.2. The van der Waals surface area contributed by atoms with Gasteiger partial charge in [0.25, 0.3) is 5.95 Å². The SMILES string of the molecule is Cc1cc(C(C)C)nc(-n2cc(C(=O)O)c(C)n2)n1. The van der Waals surface area contributed by atoms with Gasteiger partial charge in [0.2, 0.25) is 0 Å². The number of hydrogen-bond acceptors (Lipinski definition) is 4. The normalized spacial score (nSPS) is 11.0. The number of aromatic nitrogens is 4. The molecule has 0 atom stereocenters. The smallest absolute Gasteiger partial charge is 0.339 e. The van der Waals surface area contributed by atoms with E-state index in [1.807, 2.05) is 26.8 Å². The van der Waals surface area contributed by atoms with Crippen molar-refractivity contribution in [2.75, 3.05) is 0 Å². The number of carboxylic acids is 1. The number of carbonyl (C=O) groups is 1. The fraction of sp³-hybridized carbons (Fsp3) is 0.385. The zero-order chi connectivity index (χ0) is 14.2. The molecule has 0 aliphatic carbocycles. The van der Waals surface area contributed by atoms with Gasteiger partial charge < -0.3 is 5.11 Å². The molecule has 0 saturated carbocycles. The molecule has 0 bridgehead atoms. The minimum Gasteiger partial charge on any atom is -0.478 e. The molecule has 2 aromatic heterocycles. The first-order valence-electron chi connectivity index (χ1n) is 6.04. The zero-order valence-electron chi connectivity index (χ0n) is 11.4. The molecule has 0 amide bonds. The van der Waals surface area contributed by atoms with Crippen LogP contribution in [0.25, 0.3) is 5.95 Å². The van der Waals surface area contributed by atoms with Crippen LogP contribution in [-0.2, 0) is 0 Å². The van der Waals surface area contributed by atoms with Gasteiger partial charge in [-0.3, -0.25) is 0 Å². The summed E-state index contributed by atoms with van der Waals surface area (Å²) in [5, 5.41) is 13.2. The van der Waals surface area contributed by atoms with Crippen molar-refractivity contribution in [3.63, 3.8) is 0 Å². The van der Waals surface area contributed by atoms with Crippen LogP contribution >= 0.6 is 0 Å². The number of rotatable bonds is 3. The Balaban J connectivity index is 2.52. The number of aromatic carboxylic acids is 1. The van der Waals surface area contributed by atoms with Gasteiger partial charge in [-0.15, -0.1) is 0 Å². The summed E-state index contributed by atoms with van der Waals surface area (Å²) in [6.07, 6.45) is 1.44. The lowest BCUT2D eigenvalue weighted by Crippen LogP contribution is -2.06. The van der Waals surface area contributed by atoms with E-state index in [0.717, 1.165) is 11.4 Å². The summed E-state index contributed by atoms with van der Waals surface area (Å²) in [5.41, 5.74) is 2.35. The van der Waals surface area contributed by atoms with E-state index in [1.54, 1.807) is 6.92 Å². The summed E-state index contributed by atoms with van der Waals surface area (Å²) in [6, 6.07) is 1.92. The Morgan fingerprint density at radius 1 is 1.32 bits per heavy atom. The fourth-order valence-corrected chi connectivity index (χ4v) is 1.75. The first-order chi connectivity index (χ1) is 8.88. The Bertz CT molecular complexity index is 632. The van der Waals surface area contributed by atoms with Gasteiger partial charge in [-0.25, -0.2) is 19.4 Å². The maximum Gasteiger partial charge on any atom is 0.339 e.